The van der Waals surface area contributed by atoms with Crippen molar-refractivity contribution in [3.8, 4) is 11.1 Å². The van der Waals surface area contributed by atoms with E-state index in [0.29, 0.717) is 13.0 Å². The number of hydrogen-bond acceptors (Lipinski definition) is 4. The van der Waals surface area contributed by atoms with Gasteiger partial charge in [0.2, 0.25) is 0 Å². The van der Waals surface area contributed by atoms with Crippen LogP contribution in [-0.4, -0.2) is 29.6 Å². The van der Waals surface area contributed by atoms with Gasteiger partial charge in [0.1, 0.15) is 11.6 Å². The lowest BCUT2D eigenvalue weighted by atomic mass is 9.97. The summed E-state index contributed by atoms with van der Waals surface area (Å²) in [5.74, 6) is 0.256. The molecule has 6 nitrogen and oxygen atoms in total. The first-order valence-electron chi connectivity index (χ1n) is 10.8. The van der Waals surface area contributed by atoms with Gasteiger partial charge in [-0.05, 0) is 55.2 Å². The van der Waals surface area contributed by atoms with Crippen molar-refractivity contribution in [2.75, 3.05) is 24.2 Å². The maximum Gasteiger partial charge on any atom is 0.319 e. The van der Waals surface area contributed by atoms with Gasteiger partial charge in [0, 0.05) is 42.5 Å². The molecule has 0 fully saturated rings. The fourth-order valence-electron chi connectivity index (χ4n) is 3.76. The second kappa shape index (κ2) is 10.9. The van der Waals surface area contributed by atoms with Crippen LogP contribution in [0.1, 0.15) is 16.8 Å². The van der Waals surface area contributed by atoms with Crippen LogP contribution in [0.5, 0.6) is 0 Å². The number of anilines is 2. The molecule has 2 aromatic heterocycles. The minimum Gasteiger partial charge on any atom is -0.373 e. The molecule has 0 unspecified atom stereocenters. The van der Waals surface area contributed by atoms with E-state index >= 15 is 0 Å². The summed E-state index contributed by atoms with van der Waals surface area (Å²) in [5.41, 5.74) is 5.31. The Hall–Kier alpha value is -3.71. The first kappa shape index (κ1) is 24.9. The number of halogens is 2. The van der Waals surface area contributed by atoms with Crippen molar-refractivity contribution in [2.24, 2.45) is 0 Å². The van der Waals surface area contributed by atoms with Gasteiger partial charge in [-0.2, -0.15) is 0 Å². The molecule has 3 N–H and O–H groups in total. The number of rotatable bonds is 6. The third kappa shape index (κ3) is 5.61. The first-order chi connectivity index (χ1) is 15.9. The zero-order valence-corrected chi connectivity index (χ0v) is 20.1. The highest BCUT2D eigenvalue weighted by molar-refractivity contribution is 5.92. The molecule has 2 amide bonds. The van der Waals surface area contributed by atoms with E-state index in [2.05, 4.69) is 20.9 Å². The zero-order valence-electron chi connectivity index (χ0n) is 19.3. The van der Waals surface area contributed by atoms with E-state index in [1.54, 1.807) is 12.3 Å². The number of urea groups is 1. The predicted molar refractivity (Wildman–Crippen MR) is 138 cm³/mol. The van der Waals surface area contributed by atoms with E-state index in [-0.39, 0.29) is 18.1 Å². The highest BCUT2D eigenvalue weighted by Crippen LogP contribution is 2.32. The summed E-state index contributed by atoms with van der Waals surface area (Å²) in [6.45, 7) is 4.21. The lowest BCUT2D eigenvalue weighted by molar-refractivity contribution is 0.252. The molecule has 0 spiro atoms. The highest BCUT2D eigenvalue weighted by Gasteiger charge is 2.15. The van der Waals surface area contributed by atoms with Crippen LogP contribution in [0.2, 0.25) is 0 Å². The fourth-order valence-corrected chi connectivity index (χ4v) is 3.76. The smallest absolute Gasteiger partial charge is 0.319 e. The second-order valence-corrected chi connectivity index (χ2v) is 7.90. The van der Waals surface area contributed by atoms with Gasteiger partial charge in [-0.15, -0.1) is 12.4 Å². The van der Waals surface area contributed by atoms with Gasteiger partial charge in [0.15, 0.2) is 0 Å². The summed E-state index contributed by atoms with van der Waals surface area (Å²) in [4.78, 5) is 21.4. The molecule has 0 saturated heterocycles. The Balaban J connectivity index is 0.00000324. The number of hydrogen-bond donors (Lipinski definition) is 3. The van der Waals surface area contributed by atoms with Crippen LogP contribution in [0, 0.1) is 19.7 Å². The topological polar surface area (TPSA) is 78.9 Å². The Morgan fingerprint density at radius 3 is 2.53 bits per heavy atom. The molecule has 2 aromatic carbocycles. The number of benzene rings is 2. The van der Waals surface area contributed by atoms with Crippen LogP contribution in [-0.2, 0) is 6.42 Å². The highest BCUT2D eigenvalue weighted by atomic mass is 35.5. The Morgan fingerprint density at radius 1 is 1.03 bits per heavy atom. The van der Waals surface area contributed by atoms with E-state index in [9.17, 15) is 9.18 Å². The van der Waals surface area contributed by atoms with E-state index < -0.39 is 11.8 Å². The molecule has 0 aliphatic heterocycles. The van der Waals surface area contributed by atoms with Crippen LogP contribution in [0.15, 0.2) is 60.8 Å². The molecular weight excluding hydrogens is 453 g/mol. The van der Waals surface area contributed by atoms with Crippen LogP contribution in [0.4, 0.5) is 20.7 Å². The fraction of sp³-hybridized carbons (Fsp3) is 0.192. The van der Waals surface area contributed by atoms with Crippen LogP contribution < -0.4 is 16.0 Å². The van der Waals surface area contributed by atoms with E-state index in [4.69, 9.17) is 4.98 Å². The number of carbonyl (C=O) groups excluding carboxylic acids is 1. The average Bonchev–Trinajstić information content (AvgIpc) is 2.81. The Labute approximate surface area is 204 Å². The van der Waals surface area contributed by atoms with Gasteiger partial charge in [-0.25, -0.2) is 14.2 Å². The molecule has 0 aliphatic carbocycles. The van der Waals surface area contributed by atoms with E-state index in [1.165, 1.54) is 6.07 Å². The average molecular weight is 480 g/mol. The van der Waals surface area contributed by atoms with Crippen molar-refractivity contribution in [1.82, 2.24) is 15.3 Å². The van der Waals surface area contributed by atoms with Gasteiger partial charge in [-0.1, -0.05) is 30.3 Å². The number of amides is 2. The summed E-state index contributed by atoms with van der Waals surface area (Å²) in [6, 6.07) is 16.4. The molecule has 0 radical (unpaired) electrons. The second-order valence-electron chi connectivity index (χ2n) is 7.90. The van der Waals surface area contributed by atoms with Gasteiger partial charge in [-0.3, -0.25) is 4.98 Å². The molecule has 0 saturated carbocycles. The zero-order chi connectivity index (χ0) is 23.4. The van der Waals surface area contributed by atoms with Crippen molar-refractivity contribution in [1.29, 1.82) is 0 Å². The number of fused-ring (bicyclic) bond motifs is 1. The molecule has 2 heterocycles. The SMILES string of the molecule is CNc1cc2nc(C)c(-c3cc(NC(=O)NCCc4ccccc4)c(F)cc3C)cc2cn1.Cl. The summed E-state index contributed by atoms with van der Waals surface area (Å²) >= 11 is 0. The van der Waals surface area contributed by atoms with Crippen molar-refractivity contribution in [3.05, 3.63) is 83.4 Å². The number of nitrogens with one attached hydrogen (secondary N) is 3. The number of carbonyl (C=O) groups is 1. The van der Waals surface area contributed by atoms with Crippen LogP contribution >= 0.6 is 12.4 Å². The number of aryl methyl sites for hydroxylation is 2. The maximum atomic E-state index is 14.7. The first-order valence-corrected chi connectivity index (χ1v) is 10.8. The largest absolute Gasteiger partial charge is 0.373 e. The normalized spacial score (nSPS) is 10.5. The third-order valence-corrected chi connectivity index (χ3v) is 5.54. The molecule has 0 atom stereocenters. The van der Waals surface area contributed by atoms with Crippen LogP contribution in [0.3, 0.4) is 0 Å². The molecule has 4 rings (SSSR count). The van der Waals surface area contributed by atoms with Gasteiger partial charge in [0.25, 0.3) is 0 Å². The molecule has 0 aliphatic rings. The molecule has 4 aromatic rings. The predicted octanol–water partition coefficient (Wildman–Crippen LogP) is 5.88. The minimum atomic E-state index is -0.485. The van der Waals surface area contributed by atoms with Gasteiger partial charge < -0.3 is 16.0 Å². The molecule has 8 heteroatoms. The molecule has 176 valence electrons. The Kier molecular flexibility index (Phi) is 8.02. The Bertz CT molecular complexity index is 1310. The quantitative estimate of drug-likeness (QED) is 0.322. The summed E-state index contributed by atoms with van der Waals surface area (Å²) in [7, 11) is 1.81. The number of nitrogens with zero attached hydrogens (tertiary/aromatic N) is 2. The third-order valence-electron chi connectivity index (χ3n) is 5.54. The summed E-state index contributed by atoms with van der Waals surface area (Å²) < 4.78 is 14.7. The van der Waals surface area contributed by atoms with Gasteiger partial charge >= 0.3 is 6.03 Å². The van der Waals surface area contributed by atoms with Crippen LogP contribution in [0.25, 0.3) is 22.0 Å². The van der Waals surface area contributed by atoms with Crippen molar-refractivity contribution >= 4 is 40.8 Å². The molecular formula is C26H27ClFN5O. The lowest BCUT2D eigenvalue weighted by Gasteiger charge is -2.15. The van der Waals surface area contributed by atoms with E-state index in [1.807, 2.05) is 63.4 Å². The van der Waals surface area contributed by atoms with Crippen molar-refractivity contribution in [3.63, 3.8) is 0 Å². The van der Waals surface area contributed by atoms with Gasteiger partial charge in [0.05, 0.1) is 11.2 Å². The summed E-state index contributed by atoms with van der Waals surface area (Å²) in [6.07, 6.45) is 2.45. The number of aromatic nitrogens is 2. The van der Waals surface area contributed by atoms with E-state index in [0.717, 1.165) is 44.7 Å². The Morgan fingerprint density at radius 2 is 1.79 bits per heavy atom. The summed E-state index contributed by atoms with van der Waals surface area (Å²) in [5, 5.41) is 9.31. The van der Waals surface area contributed by atoms with Crippen molar-refractivity contribution < 1.29 is 9.18 Å². The lowest BCUT2D eigenvalue weighted by Crippen LogP contribution is -2.30. The molecule has 34 heavy (non-hydrogen) atoms. The monoisotopic (exact) mass is 479 g/mol. The minimum absolute atomic E-state index is 0. The van der Waals surface area contributed by atoms with Crippen molar-refractivity contribution in [2.45, 2.75) is 20.3 Å². The maximum absolute atomic E-state index is 14.7. The number of pyridine rings is 2. The molecule has 0 bridgehead atoms. The standard InChI is InChI=1S/C26H26FN5O.ClH/c1-16-11-22(27)24(32-26(33)29-10-9-18-7-5-4-6-8-18)13-20(16)21-12-19-15-30-25(28-3)14-23(19)31-17(21)2;/h4-8,11-15H,9-10H2,1-3H3,(H,28,30)(H2,29,32,33);1H.